The van der Waals surface area contributed by atoms with Crippen LogP contribution in [0.3, 0.4) is 0 Å². The molecule has 5 rings (SSSR count). The zero-order valence-corrected chi connectivity index (χ0v) is 15.4. The molecule has 1 N–H and O–H groups in total. The van der Waals surface area contributed by atoms with Gasteiger partial charge in [-0.05, 0) is 44.0 Å². The molecular weight excluding hydrogens is 338 g/mol. The molecule has 6 nitrogen and oxygen atoms in total. The fraction of sp³-hybridized carbons (Fsp3) is 0.381. The molecule has 0 aromatic carbocycles. The SMILES string of the molecule is Cc1nn(C2CCCC2)c2c1C(c1cccn1-c1ccncc1)CC(=O)N2. The highest BCUT2D eigenvalue weighted by Gasteiger charge is 2.35. The normalized spacial score (nSPS) is 19.9. The van der Waals surface area contributed by atoms with Gasteiger partial charge in [-0.3, -0.25) is 9.78 Å². The van der Waals surface area contributed by atoms with E-state index in [1.165, 1.54) is 12.8 Å². The Morgan fingerprint density at radius 2 is 1.93 bits per heavy atom. The number of anilines is 1. The Kier molecular flexibility index (Phi) is 3.85. The van der Waals surface area contributed by atoms with Gasteiger partial charge in [0, 0.05) is 47.9 Å². The molecule has 2 aliphatic rings. The molecule has 0 bridgehead atoms. The highest BCUT2D eigenvalue weighted by atomic mass is 16.1. The topological polar surface area (TPSA) is 64.7 Å². The highest BCUT2D eigenvalue weighted by Crippen LogP contribution is 2.43. The lowest BCUT2D eigenvalue weighted by Crippen LogP contribution is -2.26. The van der Waals surface area contributed by atoms with Gasteiger partial charge in [-0.15, -0.1) is 0 Å². The van der Waals surface area contributed by atoms with E-state index in [1.54, 1.807) is 12.4 Å². The van der Waals surface area contributed by atoms with Gasteiger partial charge in [-0.2, -0.15) is 5.10 Å². The second kappa shape index (κ2) is 6.37. The molecule has 3 aromatic heterocycles. The van der Waals surface area contributed by atoms with E-state index in [1.807, 2.05) is 24.4 Å². The van der Waals surface area contributed by atoms with Crippen LogP contribution in [0.4, 0.5) is 5.82 Å². The number of nitrogens with zero attached hydrogens (tertiary/aromatic N) is 4. The largest absolute Gasteiger partial charge is 0.320 e. The molecule has 3 aromatic rings. The van der Waals surface area contributed by atoms with Gasteiger partial charge in [0.15, 0.2) is 0 Å². The number of aromatic nitrogens is 4. The first kappa shape index (κ1) is 16.3. The monoisotopic (exact) mass is 361 g/mol. The lowest BCUT2D eigenvalue weighted by Gasteiger charge is -2.26. The van der Waals surface area contributed by atoms with Crippen molar-refractivity contribution in [1.29, 1.82) is 0 Å². The highest BCUT2D eigenvalue weighted by molar-refractivity contribution is 5.94. The second-order valence-electron chi connectivity index (χ2n) is 7.54. The number of fused-ring (bicyclic) bond motifs is 1. The van der Waals surface area contributed by atoms with Gasteiger partial charge < -0.3 is 9.88 Å². The smallest absolute Gasteiger partial charge is 0.226 e. The number of carbonyl (C=O) groups is 1. The molecule has 1 aliphatic carbocycles. The average Bonchev–Trinajstić information content (AvgIpc) is 3.42. The summed E-state index contributed by atoms with van der Waals surface area (Å²) in [5, 5.41) is 7.97. The van der Waals surface area contributed by atoms with Crippen molar-refractivity contribution in [3.05, 3.63) is 59.8 Å². The van der Waals surface area contributed by atoms with Gasteiger partial charge in [0.25, 0.3) is 0 Å². The van der Waals surface area contributed by atoms with Crippen LogP contribution in [0.2, 0.25) is 0 Å². The Hall–Kier alpha value is -2.89. The van der Waals surface area contributed by atoms with Crippen LogP contribution in [0.15, 0.2) is 42.9 Å². The zero-order chi connectivity index (χ0) is 18.4. The molecule has 1 aliphatic heterocycles. The van der Waals surface area contributed by atoms with Crippen LogP contribution in [0.25, 0.3) is 5.69 Å². The molecule has 27 heavy (non-hydrogen) atoms. The van der Waals surface area contributed by atoms with Crippen LogP contribution in [-0.4, -0.2) is 25.2 Å². The molecule has 1 amide bonds. The number of pyridine rings is 1. The average molecular weight is 361 g/mol. The molecule has 0 saturated heterocycles. The lowest BCUT2D eigenvalue weighted by atomic mass is 9.89. The molecule has 138 valence electrons. The minimum absolute atomic E-state index is 0.00654. The van der Waals surface area contributed by atoms with Gasteiger partial charge in [-0.1, -0.05) is 12.8 Å². The first-order valence-electron chi connectivity index (χ1n) is 9.69. The number of aryl methyl sites for hydroxylation is 1. The summed E-state index contributed by atoms with van der Waals surface area (Å²) in [4.78, 5) is 16.7. The van der Waals surface area contributed by atoms with Crippen LogP contribution in [0, 0.1) is 6.92 Å². The molecule has 6 heteroatoms. The number of hydrogen-bond acceptors (Lipinski definition) is 3. The Morgan fingerprint density at radius 1 is 1.15 bits per heavy atom. The van der Waals surface area contributed by atoms with Crippen molar-refractivity contribution in [3.8, 4) is 5.69 Å². The molecular formula is C21H23N5O. The van der Waals surface area contributed by atoms with Crippen LogP contribution in [-0.2, 0) is 4.79 Å². The Balaban J connectivity index is 1.63. The number of amides is 1. The van der Waals surface area contributed by atoms with E-state index in [-0.39, 0.29) is 11.8 Å². The summed E-state index contributed by atoms with van der Waals surface area (Å²) in [5.74, 6) is 0.976. The molecule has 1 fully saturated rings. The van der Waals surface area contributed by atoms with E-state index in [0.717, 1.165) is 41.3 Å². The number of nitrogens with one attached hydrogen (secondary N) is 1. The maximum absolute atomic E-state index is 12.6. The van der Waals surface area contributed by atoms with Crippen molar-refractivity contribution >= 4 is 11.7 Å². The molecule has 1 unspecified atom stereocenters. The predicted molar refractivity (Wildman–Crippen MR) is 103 cm³/mol. The van der Waals surface area contributed by atoms with Gasteiger partial charge in [0.05, 0.1) is 11.7 Å². The van der Waals surface area contributed by atoms with Gasteiger partial charge in [0.1, 0.15) is 5.82 Å². The summed E-state index contributed by atoms with van der Waals surface area (Å²) in [7, 11) is 0. The second-order valence-corrected chi connectivity index (χ2v) is 7.54. The van der Waals surface area contributed by atoms with Crippen molar-refractivity contribution < 1.29 is 4.79 Å². The van der Waals surface area contributed by atoms with E-state index < -0.39 is 0 Å². The van der Waals surface area contributed by atoms with Crippen LogP contribution >= 0.6 is 0 Å². The molecule has 0 radical (unpaired) electrons. The Morgan fingerprint density at radius 3 is 2.70 bits per heavy atom. The van der Waals surface area contributed by atoms with Crippen molar-refractivity contribution in [2.75, 3.05) is 5.32 Å². The third-order valence-corrected chi connectivity index (χ3v) is 5.88. The fourth-order valence-corrected chi connectivity index (χ4v) is 4.66. The Labute approximate surface area is 158 Å². The lowest BCUT2D eigenvalue weighted by molar-refractivity contribution is -0.116. The van der Waals surface area contributed by atoms with Crippen LogP contribution < -0.4 is 5.32 Å². The third kappa shape index (κ3) is 2.67. The third-order valence-electron chi connectivity index (χ3n) is 5.88. The molecule has 4 heterocycles. The molecule has 0 spiro atoms. The number of carbonyl (C=O) groups excluding carboxylic acids is 1. The van der Waals surface area contributed by atoms with Crippen LogP contribution in [0.1, 0.15) is 61.0 Å². The van der Waals surface area contributed by atoms with Gasteiger partial charge >= 0.3 is 0 Å². The van der Waals surface area contributed by atoms with Crippen LogP contribution in [0.5, 0.6) is 0 Å². The fourth-order valence-electron chi connectivity index (χ4n) is 4.66. The summed E-state index contributed by atoms with van der Waals surface area (Å²) < 4.78 is 4.24. The quantitative estimate of drug-likeness (QED) is 0.768. The molecule has 1 atom stereocenters. The van der Waals surface area contributed by atoms with E-state index in [2.05, 4.69) is 32.5 Å². The number of rotatable bonds is 3. The van der Waals surface area contributed by atoms with E-state index in [0.29, 0.717) is 12.5 Å². The zero-order valence-electron chi connectivity index (χ0n) is 15.4. The number of hydrogen-bond donors (Lipinski definition) is 1. The summed E-state index contributed by atoms with van der Waals surface area (Å²) >= 11 is 0. The van der Waals surface area contributed by atoms with E-state index in [4.69, 9.17) is 5.10 Å². The summed E-state index contributed by atoms with van der Waals surface area (Å²) in [6.07, 6.45) is 10.8. The van der Waals surface area contributed by atoms with Crippen molar-refractivity contribution in [2.24, 2.45) is 0 Å². The van der Waals surface area contributed by atoms with Gasteiger partial charge in [-0.25, -0.2) is 4.68 Å². The minimum atomic E-state index is 0.00654. The first-order valence-corrected chi connectivity index (χ1v) is 9.69. The Bertz CT molecular complexity index is 981. The van der Waals surface area contributed by atoms with E-state index in [9.17, 15) is 4.79 Å². The summed E-state index contributed by atoms with van der Waals surface area (Å²) in [6.45, 7) is 2.06. The summed E-state index contributed by atoms with van der Waals surface area (Å²) in [5.41, 5.74) is 4.35. The van der Waals surface area contributed by atoms with Gasteiger partial charge in [0.2, 0.25) is 5.91 Å². The van der Waals surface area contributed by atoms with Crippen molar-refractivity contribution in [3.63, 3.8) is 0 Å². The standard InChI is InChI=1S/C21H23N5O/c1-14-20-17(18-7-4-12-25(18)15-8-10-22-11-9-15)13-19(27)23-21(20)26(24-14)16-5-2-3-6-16/h4,7-12,16-17H,2-3,5-6,13H2,1H3,(H,23,27). The maximum atomic E-state index is 12.6. The first-order chi connectivity index (χ1) is 13.2. The van der Waals surface area contributed by atoms with E-state index >= 15 is 0 Å². The molecule has 1 saturated carbocycles. The predicted octanol–water partition coefficient (Wildman–Crippen LogP) is 3.97. The summed E-state index contributed by atoms with van der Waals surface area (Å²) in [6, 6.07) is 8.53. The maximum Gasteiger partial charge on any atom is 0.226 e. The minimum Gasteiger partial charge on any atom is -0.320 e. The van der Waals surface area contributed by atoms with Crippen molar-refractivity contribution in [2.45, 2.75) is 51.0 Å². The van der Waals surface area contributed by atoms with Crippen molar-refractivity contribution in [1.82, 2.24) is 19.3 Å².